The maximum Gasteiger partial charge on any atom is 0.347 e. The number of rotatable bonds is 6. The van der Waals surface area contributed by atoms with Crippen molar-refractivity contribution in [1.82, 2.24) is 0 Å². The molecule has 128 valence electrons. The van der Waals surface area contributed by atoms with Crippen LogP contribution < -0.4 is 10.1 Å². The van der Waals surface area contributed by atoms with Gasteiger partial charge in [0.2, 0.25) is 0 Å². The van der Waals surface area contributed by atoms with Gasteiger partial charge in [0.05, 0.1) is 11.6 Å². The molecule has 0 spiro atoms. The van der Waals surface area contributed by atoms with Crippen LogP contribution in [0.4, 0.5) is 5.69 Å². The standard InChI is InChI=1S/C18H15ClN2O4/c1-12(25-16-8-2-13(10-20)3-9-16)18(23)24-11-17(22)21-15-6-4-14(19)5-7-15/h2-9,12H,11H2,1H3,(H,21,22). The summed E-state index contributed by atoms with van der Waals surface area (Å²) in [5.41, 5.74) is 1.04. The van der Waals surface area contributed by atoms with Crippen LogP contribution in [0.5, 0.6) is 5.75 Å². The molecule has 0 fully saturated rings. The monoisotopic (exact) mass is 358 g/mol. The fraction of sp³-hybridized carbons (Fsp3) is 0.167. The van der Waals surface area contributed by atoms with E-state index in [0.717, 1.165) is 0 Å². The van der Waals surface area contributed by atoms with Gasteiger partial charge in [-0.1, -0.05) is 11.6 Å². The van der Waals surface area contributed by atoms with Crippen molar-refractivity contribution in [3.63, 3.8) is 0 Å². The highest BCUT2D eigenvalue weighted by molar-refractivity contribution is 6.30. The van der Waals surface area contributed by atoms with Crippen LogP contribution in [0, 0.1) is 11.3 Å². The predicted molar refractivity (Wildman–Crippen MR) is 92.3 cm³/mol. The summed E-state index contributed by atoms with van der Waals surface area (Å²) in [4.78, 5) is 23.6. The summed E-state index contributed by atoms with van der Waals surface area (Å²) < 4.78 is 10.3. The third-order valence-corrected chi connectivity index (χ3v) is 3.35. The molecule has 25 heavy (non-hydrogen) atoms. The van der Waals surface area contributed by atoms with Crippen molar-refractivity contribution in [2.75, 3.05) is 11.9 Å². The highest BCUT2D eigenvalue weighted by Gasteiger charge is 2.18. The summed E-state index contributed by atoms with van der Waals surface area (Å²) in [5.74, 6) is -0.717. The van der Waals surface area contributed by atoms with Crippen molar-refractivity contribution in [3.8, 4) is 11.8 Å². The minimum absolute atomic E-state index is 0.425. The number of benzene rings is 2. The average Bonchev–Trinajstić information content (AvgIpc) is 2.62. The second-order valence-electron chi connectivity index (χ2n) is 5.06. The number of hydrogen-bond acceptors (Lipinski definition) is 5. The molecule has 6 nitrogen and oxygen atoms in total. The van der Waals surface area contributed by atoms with E-state index < -0.39 is 24.6 Å². The summed E-state index contributed by atoms with van der Waals surface area (Å²) in [6.45, 7) is 1.08. The molecule has 0 heterocycles. The Morgan fingerprint density at radius 3 is 2.40 bits per heavy atom. The second-order valence-corrected chi connectivity index (χ2v) is 5.50. The fourth-order valence-corrected chi connectivity index (χ4v) is 1.97. The number of anilines is 1. The SMILES string of the molecule is CC(Oc1ccc(C#N)cc1)C(=O)OCC(=O)Nc1ccc(Cl)cc1. The van der Waals surface area contributed by atoms with Crippen LogP contribution in [-0.4, -0.2) is 24.6 Å². The summed E-state index contributed by atoms with van der Waals surface area (Å²) in [6, 6.07) is 14.8. The van der Waals surface area contributed by atoms with Gasteiger partial charge in [0.25, 0.3) is 5.91 Å². The molecular weight excluding hydrogens is 344 g/mol. The maximum atomic E-state index is 11.9. The molecule has 1 amide bonds. The fourth-order valence-electron chi connectivity index (χ4n) is 1.84. The molecule has 0 aliphatic heterocycles. The molecule has 0 aromatic heterocycles. The van der Waals surface area contributed by atoms with E-state index in [1.807, 2.05) is 6.07 Å². The lowest BCUT2D eigenvalue weighted by atomic mass is 10.2. The molecule has 0 bridgehead atoms. The first-order valence-electron chi connectivity index (χ1n) is 7.37. The zero-order chi connectivity index (χ0) is 18.2. The zero-order valence-electron chi connectivity index (χ0n) is 13.4. The molecule has 0 saturated carbocycles. The highest BCUT2D eigenvalue weighted by Crippen LogP contribution is 2.15. The van der Waals surface area contributed by atoms with Gasteiger partial charge >= 0.3 is 5.97 Å². The van der Waals surface area contributed by atoms with Gasteiger partial charge in [0.15, 0.2) is 12.7 Å². The van der Waals surface area contributed by atoms with E-state index in [1.165, 1.54) is 6.92 Å². The van der Waals surface area contributed by atoms with Crippen molar-refractivity contribution < 1.29 is 19.1 Å². The van der Waals surface area contributed by atoms with E-state index >= 15 is 0 Å². The quantitative estimate of drug-likeness (QED) is 0.801. The maximum absolute atomic E-state index is 11.9. The molecule has 1 N–H and O–H groups in total. The minimum atomic E-state index is -0.892. The number of carbonyl (C=O) groups excluding carboxylic acids is 2. The molecule has 0 saturated heterocycles. The highest BCUT2D eigenvalue weighted by atomic mass is 35.5. The van der Waals surface area contributed by atoms with Gasteiger partial charge in [0, 0.05) is 10.7 Å². The number of hydrogen-bond donors (Lipinski definition) is 1. The lowest BCUT2D eigenvalue weighted by molar-refractivity contribution is -0.153. The number of amides is 1. The largest absolute Gasteiger partial charge is 0.479 e. The van der Waals surface area contributed by atoms with Gasteiger partial charge in [-0.05, 0) is 55.5 Å². The molecule has 2 aromatic rings. The molecule has 1 unspecified atom stereocenters. The van der Waals surface area contributed by atoms with Gasteiger partial charge in [-0.15, -0.1) is 0 Å². The van der Waals surface area contributed by atoms with Gasteiger partial charge in [-0.2, -0.15) is 5.26 Å². The number of carbonyl (C=O) groups is 2. The minimum Gasteiger partial charge on any atom is -0.479 e. The third-order valence-electron chi connectivity index (χ3n) is 3.10. The van der Waals surface area contributed by atoms with Gasteiger partial charge in [-0.25, -0.2) is 4.79 Å². The number of nitrogens with one attached hydrogen (secondary N) is 1. The normalized spacial score (nSPS) is 11.1. The molecule has 2 aromatic carbocycles. The van der Waals surface area contributed by atoms with E-state index in [9.17, 15) is 9.59 Å². The van der Waals surface area contributed by atoms with E-state index in [4.69, 9.17) is 26.3 Å². The summed E-state index contributed by atoms with van der Waals surface area (Å²) in [5, 5.41) is 11.9. The van der Waals surface area contributed by atoms with Crippen LogP contribution in [0.2, 0.25) is 5.02 Å². The van der Waals surface area contributed by atoms with Crippen LogP contribution in [0.15, 0.2) is 48.5 Å². The number of ether oxygens (including phenoxy) is 2. The van der Waals surface area contributed by atoms with E-state index in [2.05, 4.69) is 5.32 Å². The van der Waals surface area contributed by atoms with Crippen LogP contribution in [0.3, 0.4) is 0 Å². The number of nitrogens with zero attached hydrogens (tertiary/aromatic N) is 1. The average molecular weight is 359 g/mol. The molecule has 0 radical (unpaired) electrons. The number of esters is 1. The molecule has 1 atom stereocenters. The predicted octanol–water partition coefficient (Wildman–Crippen LogP) is 3.16. The van der Waals surface area contributed by atoms with E-state index in [-0.39, 0.29) is 0 Å². The van der Waals surface area contributed by atoms with Gasteiger partial charge < -0.3 is 14.8 Å². The first-order valence-corrected chi connectivity index (χ1v) is 7.74. The molecule has 0 aliphatic rings. The van der Waals surface area contributed by atoms with Crippen LogP contribution in [-0.2, 0) is 14.3 Å². The second kappa shape index (κ2) is 8.71. The topological polar surface area (TPSA) is 88.4 Å². The van der Waals surface area contributed by atoms with Crippen LogP contribution in [0.1, 0.15) is 12.5 Å². The van der Waals surface area contributed by atoms with Crippen molar-refractivity contribution in [1.29, 1.82) is 5.26 Å². The Kier molecular flexibility index (Phi) is 6.38. The number of nitriles is 1. The van der Waals surface area contributed by atoms with Crippen molar-refractivity contribution in [2.24, 2.45) is 0 Å². The first kappa shape index (κ1) is 18.3. The van der Waals surface area contributed by atoms with Crippen molar-refractivity contribution in [2.45, 2.75) is 13.0 Å². The van der Waals surface area contributed by atoms with Crippen molar-refractivity contribution >= 4 is 29.2 Å². The summed E-state index contributed by atoms with van der Waals surface area (Å²) in [7, 11) is 0. The van der Waals surface area contributed by atoms with E-state index in [1.54, 1.807) is 48.5 Å². The first-order chi connectivity index (χ1) is 12.0. The molecule has 7 heteroatoms. The van der Waals surface area contributed by atoms with Gasteiger partial charge in [0.1, 0.15) is 5.75 Å². The molecular formula is C18H15ClN2O4. The Morgan fingerprint density at radius 2 is 1.80 bits per heavy atom. The lowest BCUT2D eigenvalue weighted by Gasteiger charge is -2.14. The summed E-state index contributed by atoms with van der Waals surface area (Å²) >= 11 is 5.76. The van der Waals surface area contributed by atoms with Crippen LogP contribution in [0.25, 0.3) is 0 Å². The molecule has 0 aliphatic carbocycles. The van der Waals surface area contributed by atoms with Crippen molar-refractivity contribution in [3.05, 3.63) is 59.1 Å². The Labute approximate surface area is 149 Å². The third kappa shape index (κ3) is 5.83. The Morgan fingerprint density at radius 1 is 1.16 bits per heavy atom. The Bertz CT molecular complexity index is 782. The Balaban J connectivity index is 1.79. The van der Waals surface area contributed by atoms with Crippen LogP contribution >= 0.6 is 11.6 Å². The summed E-state index contributed by atoms with van der Waals surface area (Å²) in [6.07, 6.45) is -0.892. The van der Waals surface area contributed by atoms with E-state index in [0.29, 0.717) is 22.0 Å². The number of halogens is 1. The van der Waals surface area contributed by atoms with Gasteiger partial charge in [-0.3, -0.25) is 4.79 Å². The molecule has 2 rings (SSSR count). The smallest absolute Gasteiger partial charge is 0.347 e. The lowest BCUT2D eigenvalue weighted by Crippen LogP contribution is -2.29. The zero-order valence-corrected chi connectivity index (χ0v) is 14.1. The Hall–Kier alpha value is -3.04.